The summed E-state index contributed by atoms with van der Waals surface area (Å²) >= 11 is 5.99. The number of nitrogens with one attached hydrogen (secondary N) is 1. The smallest absolute Gasteiger partial charge is 0.373 e. The number of benzene rings is 2. The van der Waals surface area contributed by atoms with E-state index in [0.717, 1.165) is 25.1 Å². The Balaban J connectivity index is 1.27. The Morgan fingerprint density at radius 3 is 2.50 bits per heavy atom. The van der Waals surface area contributed by atoms with E-state index in [1.165, 1.54) is 12.1 Å². The molecule has 2 heterocycles. The molecule has 3 amide bonds. The lowest BCUT2D eigenvalue weighted by molar-refractivity contribution is -0.137. The molecule has 2 aliphatic heterocycles. The molecule has 0 radical (unpaired) electrons. The Morgan fingerprint density at radius 1 is 1.00 bits per heavy atom. The fraction of sp³-hybridized carbons (Fsp3) is 0.440. The molecular weight excluding hydrogens is 497 g/mol. The highest BCUT2D eigenvalue weighted by molar-refractivity contribution is 6.30. The molecule has 2 saturated heterocycles. The number of alkyl halides is 3. The molecule has 0 saturated carbocycles. The van der Waals surface area contributed by atoms with Gasteiger partial charge in [-0.25, -0.2) is 4.79 Å². The lowest BCUT2D eigenvalue weighted by atomic mass is 10.1. The maximum Gasteiger partial charge on any atom is 0.416 e. The SMILES string of the molecule is O=C(Nc1cccc(Cl)c1)N1CCOC(CN2CCCN(C(=O)c3ccc(C(F)(F)F)cc3)CC2)C1. The monoisotopic (exact) mass is 524 g/mol. The maximum absolute atomic E-state index is 12.8. The molecule has 0 bridgehead atoms. The van der Waals surface area contributed by atoms with E-state index in [9.17, 15) is 22.8 Å². The van der Waals surface area contributed by atoms with Crippen molar-refractivity contribution in [2.45, 2.75) is 18.7 Å². The predicted molar refractivity (Wildman–Crippen MR) is 130 cm³/mol. The van der Waals surface area contributed by atoms with Gasteiger partial charge in [0.1, 0.15) is 0 Å². The second-order valence-corrected chi connectivity index (χ2v) is 9.34. The van der Waals surface area contributed by atoms with Crippen molar-refractivity contribution >= 4 is 29.2 Å². The highest BCUT2D eigenvalue weighted by Gasteiger charge is 2.31. The van der Waals surface area contributed by atoms with Crippen molar-refractivity contribution in [3.05, 3.63) is 64.7 Å². The molecule has 7 nitrogen and oxygen atoms in total. The number of halogens is 4. The Kier molecular flexibility index (Phi) is 8.38. The van der Waals surface area contributed by atoms with E-state index in [-0.39, 0.29) is 23.6 Å². The first-order chi connectivity index (χ1) is 17.2. The molecule has 2 fully saturated rings. The summed E-state index contributed by atoms with van der Waals surface area (Å²) in [5.41, 5.74) is 0.0955. The third-order valence-corrected chi connectivity index (χ3v) is 6.53. The zero-order chi connectivity index (χ0) is 25.7. The number of ether oxygens (including phenoxy) is 1. The average Bonchev–Trinajstić information content (AvgIpc) is 3.09. The molecular formula is C25H28ClF3N4O3. The Labute approximate surface area is 212 Å². The number of morpholine rings is 1. The summed E-state index contributed by atoms with van der Waals surface area (Å²) in [5.74, 6) is -0.275. The van der Waals surface area contributed by atoms with Gasteiger partial charge in [0.15, 0.2) is 0 Å². The standard InChI is InChI=1S/C25H28ClF3N4O3/c26-20-3-1-4-21(15-20)30-24(35)33-13-14-36-22(17-33)16-31-9-2-10-32(12-11-31)23(34)18-5-7-19(8-6-18)25(27,28)29/h1,3-8,15,22H,2,9-14,16-17H2,(H,30,35). The topological polar surface area (TPSA) is 65.1 Å². The van der Waals surface area contributed by atoms with Crippen LogP contribution >= 0.6 is 11.6 Å². The van der Waals surface area contributed by atoms with E-state index in [1.54, 1.807) is 34.1 Å². The van der Waals surface area contributed by atoms with Crippen LogP contribution in [0.3, 0.4) is 0 Å². The minimum absolute atomic E-state index is 0.166. The summed E-state index contributed by atoms with van der Waals surface area (Å²) in [7, 11) is 0. The number of carbonyl (C=O) groups excluding carboxylic acids is 2. The van der Waals surface area contributed by atoms with Crippen LogP contribution < -0.4 is 5.32 Å². The van der Waals surface area contributed by atoms with Gasteiger partial charge in [-0.15, -0.1) is 0 Å². The van der Waals surface area contributed by atoms with Crippen LogP contribution in [-0.4, -0.2) is 85.2 Å². The number of urea groups is 1. The van der Waals surface area contributed by atoms with Crippen LogP contribution in [0.25, 0.3) is 0 Å². The molecule has 4 rings (SSSR count). The second-order valence-electron chi connectivity index (χ2n) is 8.90. The van der Waals surface area contributed by atoms with E-state index in [1.807, 2.05) is 0 Å². The molecule has 0 spiro atoms. The zero-order valence-electron chi connectivity index (χ0n) is 19.6. The van der Waals surface area contributed by atoms with Gasteiger partial charge in [-0.1, -0.05) is 17.7 Å². The van der Waals surface area contributed by atoms with Crippen LogP contribution in [0.2, 0.25) is 5.02 Å². The van der Waals surface area contributed by atoms with Crippen LogP contribution in [0.1, 0.15) is 22.3 Å². The minimum atomic E-state index is -4.43. The van der Waals surface area contributed by atoms with Crippen molar-refractivity contribution in [3.8, 4) is 0 Å². The highest BCUT2D eigenvalue weighted by Crippen LogP contribution is 2.29. The normalized spacial score (nSPS) is 19.6. The number of nitrogens with zero attached hydrogens (tertiary/aromatic N) is 3. The van der Waals surface area contributed by atoms with Gasteiger partial charge < -0.3 is 19.9 Å². The zero-order valence-corrected chi connectivity index (χ0v) is 20.4. The van der Waals surface area contributed by atoms with Gasteiger partial charge in [0.2, 0.25) is 0 Å². The van der Waals surface area contributed by atoms with Gasteiger partial charge in [0.25, 0.3) is 5.91 Å². The van der Waals surface area contributed by atoms with Crippen molar-refractivity contribution in [2.24, 2.45) is 0 Å². The van der Waals surface area contributed by atoms with Gasteiger partial charge in [-0.05, 0) is 55.4 Å². The first-order valence-corrected chi connectivity index (χ1v) is 12.2. The van der Waals surface area contributed by atoms with Crippen molar-refractivity contribution in [3.63, 3.8) is 0 Å². The fourth-order valence-corrected chi connectivity index (χ4v) is 4.60. The van der Waals surface area contributed by atoms with Gasteiger partial charge in [0, 0.05) is 55.5 Å². The first kappa shape index (κ1) is 26.2. The van der Waals surface area contributed by atoms with Crippen LogP contribution in [0.4, 0.5) is 23.7 Å². The van der Waals surface area contributed by atoms with Crippen LogP contribution in [0, 0.1) is 0 Å². The number of anilines is 1. The molecule has 11 heteroatoms. The number of hydrogen-bond donors (Lipinski definition) is 1. The summed E-state index contributed by atoms with van der Waals surface area (Å²) in [6.07, 6.45) is -3.86. The first-order valence-electron chi connectivity index (χ1n) is 11.8. The van der Waals surface area contributed by atoms with Crippen molar-refractivity contribution < 1.29 is 27.5 Å². The molecule has 1 unspecified atom stereocenters. The lowest BCUT2D eigenvalue weighted by Gasteiger charge is -2.35. The third-order valence-electron chi connectivity index (χ3n) is 6.30. The highest BCUT2D eigenvalue weighted by atomic mass is 35.5. The van der Waals surface area contributed by atoms with E-state index in [2.05, 4.69) is 10.2 Å². The minimum Gasteiger partial charge on any atom is -0.373 e. The van der Waals surface area contributed by atoms with E-state index < -0.39 is 11.7 Å². The molecule has 2 aromatic carbocycles. The predicted octanol–water partition coefficient (Wildman–Crippen LogP) is 4.44. The largest absolute Gasteiger partial charge is 0.416 e. The quantitative estimate of drug-likeness (QED) is 0.642. The summed E-state index contributed by atoms with van der Waals surface area (Å²) in [6, 6.07) is 11.1. The van der Waals surface area contributed by atoms with E-state index in [4.69, 9.17) is 16.3 Å². The third kappa shape index (κ3) is 6.89. The second kappa shape index (κ2) is 11.5. The Bertz CT molecular complexity index is 1070. The molecule has 0 aromatic heterocycles. The van der Waals surface area contributed by atoms with Gasteiger partial charge in [-0.2, -0.15) is 13.2 Å². The van der Waals surface area contributed by atoms with Crippen LogP contribution in [-0.2, 0) is 10.9 Å². The van der Waals surface area contributed by atoms with E-state index in [0.29, 0.717) is 56.6 Å². The molecule has 2 aromatic rings. The summed E-state index contributed by atoms with van der Waals surface area (Å²) in [4.78, 5) is 31.1. The van der Waals surface area contributed by atoms with Crippen molar-refractivity contribution in [2.75, 3.05) is 57.7 Å². The molecule has 1 N–H and O–H groups in total. The van der Waals surface area contributed by atoms with Crippen molar-refractivity contribution in [1.82, 2.24) is 14.7 Å². The fourth-order valence-electron chi connectivity index (χ4n) is 4.41. The summed E-state index contributed by atoms with van der Waals surface area (Å²) in [5, 5.41) is 3.40. The van der Waals surface area contributed by atoms with Gasteiger partial charge in [0.05, 0.1) is 18.3 Å². The number of rotatable bonds is 4. The summed E-state index contributed by atoms with van der Waals surface area (Å²) in [6.45, 7) is 4.33. The maximum atomic E-state index is 12.8. The summed E-state index contributed by atoms with van der Waals surface area (Å²) < 4.78 is 44.3. The Morgan fingerprint density at radius 2 is 1.78 bits per heavy atom. The van der Waals surface area contributed by atoms with Crippen LogP contribution in [0.15, 0.2) is 48.5 Å². The number of hydrogen-bond acceptors (Lipinski definition) is 4. The van der Waals surface area contributed by atoms with Gasteiger partial charge >= 0.3 is 12.2 Å². The lowest BCUT2D eigenvalue weighted by Crippen LogP contribution is -2.51. The number of carbonyl (C=O) groups is 2. The molecule has 2 aliphatic rings. The average molecular weight is 525 g/mol. The van der Waals surface area contributed by atoms with Crippen LogP contribution in [0.5, 0.6) is 0 Å². The van der Waals surface area contributed by atoms with Crippen molar-refractivity contribution in [1.29, 1.82) is 0 Å². The van der Waals surface area contributed by atoms with Gasteiger partial charge in [-0.3, -0.25) is 9.69 Å². The number of amides is 3. The van der Waals surface area contributed by atoms with E-state index >= 15 is 0 Å². The Hall–Kier alpha value is -2.82. The molecule has 1 atom stereocenters. The molecule has 194 valence electrons. The molecule has 36 heavy (non-hydrogen) atoms. The molecule has 0 aliphatic carbocycles.